The number of ether oxygens (including phenoxy) is 2. The van der Waals surface area contributed by atoms with Crippen molar-refractivity contribution in [3.63, 3.8) is 0 Å². The lowest BCUT2D eigenvalue weighted by Crippen LogP contribution is -2.49. The van der Waals surface area contributed by atoms with E-state index >= 15 is 0 Å². The lowest BCUT2D eigenvalue weighted by Gasteiger charge is -2.30. The van der Waals surface area contributed by atoms with E-state index in [9.17, 15) is 9.59 Å². The van der Waals surface area contributed by atoms with Gasteiger partial charge in [0.2, 0.25) is 5.91 Å². The molecule has 0 fully saturated rings. The molecule has 6 nitrogen and oxygen atoms in total. The maximum atomic E-state index is 13.1. The highest BCUT2D eigenvalue weighted by Gasteiger charge is 2.28. The number of benzene rings is 2. The minimum Gasteiger partial charge on any atom is -0.497 e. The van der Waals surface area contributed by atoms with Gasteiger partial charge in [-0.15, -0.1) is 0 Å². The van der Waals surface area contributed by atoms with Crippen molar-refractivity contribution >= 4 is 11.8 Å². The van der Waals surface area contributed by atoms with Crippen molar-refractivity contribution in [1.29, 1.82) is 0 Å². The number of carbonyl (C=O) groups excluding carboxylic acids is 2. The SMILES string of the molecule is CC[C@H](C(=O)NC)N(Cc1ccc(OC)cc1)C(=O)COc1cccc(C)c1C. The van der Waals surface area contributed by atoms with Gasteiger partial charge in [0, 0.05) is 13.6 Å². The van der Waals surface area contributed by atoms with Crippen molar-refractivity contribution in [3.05, 3.63) is 59.2 Å². The third kappa shape index (κ3) is 5.73. The maximum Gasteiger partial charge on any atom is 0.261 e. The Kier molecular flexibility index (Phi) is 8.07. The molecule has 0 aliphatic rings. The third-order valence-corrected chi connectivity index (χ3v) is 5.05. The van der Waals surface area contributed by atoms with Gasteiger partial charge in [-0.05, 0) is 55.2 Å². The van der Waals surface area contributed by atoms with Crippen LogP contribution < -0.4 is 14.8 Å². The Morgan fingerprint density at radius 3 is 2.38 bits per heavy atom. The van der Waals surface area contributed by atoms with Crippen LogP contribution in [-0.2, 0) is 16.1 Å². The van der Waals surface area contributed by atoms with Gasteiger partial charge in [0.25, 0.3) is 5.91 Å². The van der Waals surface area contributed by atoms with Crippen molar-refractivity contribution in [3.8, 4) is 11.5 Å². The smallest absolute Gasteiger partial charge is 0.261 e. The van der Waals surface area contributed by atoms with Crippen LogP contribution in [0.25, 0.3) is 0 Å². The first kappa shape index (κ1) is 22.3. The molecule has 0 saturated heterocycles. The van der Waals surface area contributed by atoms with Gasteiger partial charge >= 0.3 is 0 Å². The number of carbonyl (C=O) groups is 2. The Bertz CT molecular complexity index is 833. The highest BCUT2D eigenvalue weighted by molar-refractivity contribution is 5.88. The molecule has 2 amide bonds. The van der Waals surface area contributed by atoms with Crippen molar-refractivity contribution < 1.29 is 19.1 Å². The molecule has 1 N–H and O–H groups in total. The fraction of sp³-hybridized carbons (Fsp3) is 0.391. The molecule has 0 heterocycles. The molecule has 2 aromatic carbocycles. The number of aryl methyl sites for hydroxylation is 1. The topological polar surface area (TPSA) is 67.9 Å². The van der Waals surface area contributed by atoms with E-state index < -0.39 is 6.04 Å². The second kappa shape index (κ2) is 10.5. The van der Waals surface area contributed by atoms with E-state index in [0.29, 0.717) is 18.7 Å². The second-order valence-corrected chi connectivity index (χ2v) is 6.89. The van der Waals surface area contributed by atoms with Gasteiger partial charge in [-0.1, -0.05) is 31.2 Å². The Hall–Kier alpha value is -3.02. The van der Waals surface area contributed by atoms with Gasteiger partial charge in [-0.25, -0.2) is 0 Å². The largest absolute Gasteiger partial charge is 0.497 e. The fourth-order valence-electron chi connectivity index (χ4n) is 3.12. The van der Waals surface area contributed by atoms with Gasteiger partial charge in [-0.3, -0.25) is 9.59 Å². The number of likely N-dealkylation sites (N-methyl/N-ethyl adjacent to an activating group) is 1. The summed E-state index contributed by atoms with van der Waals surface area (Å²) < 4.78 is 11.0. The molecule has 2 rings (SSSR count). The van der Waals surface area contributed by atoms with Crippen LogP contribution in [0.5, 0.6) is 11.5 Å². The zero-order valence-corrected chi connectivity index (χ0v) is 17.8. The molecule has 0 saturated carbocycles. The Labute approximate surface area is 172 Å². The predicted molar refractivity (Wildman–Crippen MR) is 113 cm³/mol. The first-order valence-corrected chi connectivity index (χ1v) is 9.74. The summed E-state index contributed by atoms with van der Waals surface area (Å²) >= 11 is 0. The molecule has 29 heavy (non-hydrogen) atoms. The molecule has 1 atom stereocenters. The summed E-state index contributed by atoms with van der Waals surface area (Å²) in [6, 6.07) is 12.6. The molecule has 2 aromatic rings. The molecule has 0 aromatic heterocycles. The Balaban J connectivity index is 2.21. The number of hydrogen-bond donors (Lipinski definition) is 1. The molecule has 0 radical (unpaired) electrons. The van der Waals surface area contributed by atoms with Crippen LogP contribution in [0.3, 0.4) is 0 Å². The van der Waals surface area contributed by atoms with Gasteiger partial charge in [0.1, 0.15) is 17.5 Å². The molecule has 0 aliphatic carbocycles. The second-order valence-electron chi connectivity index (χ2n) is 6.89. The van der Waals surface area contributed by atoms with Gasteiger partial charge < -0.3 is 19.7 Å². The highest BCUT2D eigenvalue weighted by atomic mass is 16.5. The predicted octanol–water partition coefficient (Wildman–Crippen LogP) is 3.24. The summed E-state index contributed by atoms with van der Waals surface area (Å²) in [5.74, 6) is 0.984. The minimum atomic E-state index is -0.572. The summed E-state index contributed by atoms with van der Waals surface area (Å²) in [5, 5.41) is 2.65. The van der Waals surface area contributed by atoms with Crippen LogP contribution in [0.2, 0.25) is 0 Å². The third-order valence-electron chi connectivity index (χ3n) is 5.05. The van der Waals surface area contributed by atoms with Crippen LogP contribution >= 0.6 is 0 Å². The normalized spacial score (nSPS) is 11.5. The summed E-state index contributed by atoms with van der Waals surface area (Å²) in [7, 11) is 3.18. The number of methoxy groups -OCH3 is 1. The highest BCUT2D eigenvalue weighted by Crippen LogP contribution is 2.21. The van der Waals surface area contributed by atoms with Crippen LogP contribution in [0.15, 0.2) is 42.5 Å². The average molecular weight is 399 g/mol. The molecular formula is C23H30N2O4. The summed E-state index contributed by atoms with van der Waals surface area (Å²) in [6.07, 6.45) is 0.505. The van der Waals surface area contributed by atoms with Crippen LogP contribution in [-0.4, -0.2) is 43.5 Å². The number of nitrogens with zero attached hydrogens (tertiary/aromatic N) is 1. The molecule has 6 heteroatoms. The summed E-state index contributed by atoms with van der Waals surface area (Å²) in [6.45, 7) is 6.03. The summed E-state index contributed by atoms with van der Waals surface area (Å²) in [4.78, 5) is 27.0. The minimum absolute atomic E-state index is 0.131. The van der Waals surface area contributed by atoms with Gasteiger partial charge in [0.05, 0.1) is 7.11 Å². The number of nitrogens with one attached hydrogen (secondary N) is 1. The van der Waals surface area contributed by atoms with Gasteiger partial charge in [-0.2, -0.15) is 0 Å². The van der Waals surface area contributed by atoms with E-state index in [1.807, 2.05) is 63.2 Å². The Morgan fingerprint density at radius 2 is 1.79 bits per heavy atom. The first-order chi connectivity index (χ1) is 13.9. The average Bonchev–Trinajstić information content (AvgIpc) is 2.74. The van der Waals surface area contributed by atoms with E-state index in [1.165, 1.54) is 0 Å². The van der Waals surface area contributed by atoms with E-state index in [-0.39, 0.29) is 18.4 Å². The van der Waals surface area contributed by atoms with Crippen LogP contribution in [0.4, 0.5) is 0 Å². The standard InChI is InChI=1S/C23H30N2O4/c1-6-20(23(27)24-4)25(14-18-10-12-19(28-5)13-11-18)22(26)15-29-21-9-7-8-16(2)17(21)3/h7-13,20H,6,14-15H2,1-5H3,(H,24,27)/t20-/m1/s1. The quantitative estimate of drug-likeness (QED) is 0.704. The molecule has 156 valence electrons. The monoisotopic (exact) mass is 398 g/mol. The van der Waals surface area contributed by atoms with Crippen molar-refractivity contribution in [1.82, 2.24) is 10.2 Å². The van der Waals surface area contributed by atoms with E-state index in [2.05, 4.69) is 5.32 Å². The molecule has 0 bridgehead atoms. The number of amides is 2. The maximum absolute atomic E-state index is 13.1. The zero-order valence-electron chi connectivity index (χ0n) is 17.8. The van der Waals surface area contributed by atoms with Gasteiger partial charge in [0.15, 0.2) is 6.61 Å². The van der Waals surface area contributed by atoms with Crippen molar-refractivity contribution in [2.24, 2.45) is 0 Å². The molecule has 0 unspecified atom stereocenters. The lowest BCUT2D eigenvalue weighted by atomic mass is 10.1. The zero-order chi connectivity index (χ0) is 21.4. The molecule has 0 spiro atoms. The van der Waals surface area contributed by atoms with E-state index in [1.54, 1.807) is 19.1 Å². The first-order valence-electron chi connectivity index (χ1n) is 9.74. The number of rotatable bonds is 9. The number of hydrogen-bond acceptors (Lipinski definition) is 4. The van der Waals surface area contributed by atoms with E-state index in [4.69, 9.17) is 9.47 Å². The fourth-order valence-corrected chi connectivity index (χ4v) is 3.12. The molecule has 0 aliphatic heterocycles. The lowest BCUT2D eigenvalue weighted by molar-refractivity contribution is -0.142. The van der Waals surface area contributed by atoms with Crippen LogP contribution in [0.1, 0.15) is 30.0 Å². The van der Waals surface area contributed by atoms with E-state index in [0.717, 1.165) is 22.4 Å². The van der Waals surface area contributed by atoms with Crippen molar-refractivity contribution in [2.75, 3.05) is 20.8 Å². The molecular weight excluding hydrogens is 368 g/mol. The summed E-state index contributed by atoms with van der Waals surface area (Å²) in [5.41, 5.74) is 3.01. The van der Waals surface area contributed by atoms with Crippen molar-refractivity contribution in [2.45, 2.75) is 39.8 Å². The van der Waals surface area contributed by atoms with Crippen LogP contribution in [0, 0.1) is 13.8 Å². The Morgan fingerprint density at radius 1 is 1.10 bits per heavy atom.